The lowest BCUT2D eigenvalue weighted by Gasteiger charge is -2.29. The van der Waals surface area contributed by atoms with Gasteiger partial charge in [-0.15, -0.1) is 0 Å². The predicted octanol–water partition coefficient (Wildman–Crippen LogP) is 13.6. The summed E-state index contributed by atoms with van der Waals surface area (Å²) in [6.07, 6.45) is 0.883. The van der Waals surface area contributed by atoms with Gasteiger partial charge in [-0.2, -0.15) is 0 Å². The molecule has 1 aliphatic heterocycles. The van der Waals surface area contributed by atoms with Gasteiger partial charge >= 0.3 is 0 Å². The maximum atomic E-state index is 2.50. The molecule has 1 atom stereocenters. The molecule has 0 spiro atoms. The highest BCUT2D eigenvalue weighted by molar-refractivity contribution is 5.87. The van der Waals surface area contributed by atoms with Gasteiger partial charge < -0.3 is 9.80 Å². The molecule has 6 aromatic carbocycles. The Morgan fingerprint density at radius 1 is 0.453 bits per heavy atom. The van der Waals surface area contributed by atoms with Gasteiger partial charge in [0.25, 0.3) is 0 Å². The Balaban J connectivity index is 1.12. The van der Waals surface area contributed by atoms with E-state index in [1.807, 2.05) is 0 Å². The van der Waals surface area contributed by atoms with Crippen LogP contribution in [0.25, 0.3) is 11.1 Å². The van der Waals surface area contributed by atoms with Crippen molar-refractivity contribution in [2.75, 3.05) is 16.5 Å². The van der Waals surface area contributed by atoms with Crippen molar-refractivity contribution in [3.63, 3.8) is 0 Å². The molecule has 0 saturated heterocycles. The van der Waals surface area contributed by atoms with Gasteiger partial charge in [-0.1, -0.05) is 159 Å². The molecule has 0 aromatic heterocycles. The number of anilines is 4. The predicted molar refractivity (Wildman–Crippen MR) is 227 cm³/mol. The number of hydrogen-bond acceptors (Lipinski definition) is 2. The molecular weight excluding hydrogens is 641 g/mol. The molecule has 0 saturated carbocycles. The van der Waals surface area contributed by atoms with Crippen LogP contribution >= 0.6 is 0 Å². The standard InChI is InChI=1S/C51H54N2/c1-49(2,3)37-18-15-17-36(29-37)48-44-21-11-10-20-42(44)43-25-24-35(28-45(43)48)26-34-16-14-19-40(27-34)52-33-53(47-23-13-12-22-46(47)52)41-31-38(50(4,5)6)30-39(32-41)51(7,8)9/h10-25,27-32,48H,26,33H2,1-9H3. The molecule has 268 valence electrons. The van der Waals surface area contributed by atoms with E-state index in [-0.39, 0.29) is 22.2 Å². The zero-order valence-electron chi connectivity index (χ0n) is 33.1. The van der Waals surface area contributed by atoms with Crippen LogP contribution in [0.4, 0.5) is 22.7 Å². The summed E-state index contributed by atoms with van der Waals surface area (Å²) in [5, 5.41) is 0. The fourth-order valence-corrected chi connectivity index (χ4v) is 8.27. The zero-order valence-corrected chi connectivity index (χ0v) is 33.1. The molecule has 0 radical (unpaired) electrons. The maximum Gasteiger partial charge on any atom is 0.100 e. The molecular formula is C51H54N2. The Morgan fingerprint density at radius 3 is 1.72 bits per heavy atom. The van der Waals surface area contributed by atoms with Crippen molar-refractivity contribution in [2.24, 2.45) is 0 Å². The highest BCUT2D eigenvalue weighted by Crippen LogP contribution is 2.49. The van der Waals surface area contributed by atoms with E-state index in [2.05, 4.69) is 206 Å². The minimum absolute atomic E-state index is 0.0557. The van der Waals surface area contributed by atoms with Gasteiger partial charge in [0.1, 0.15) is 6.67 Å². The minimum atomic E-state index is 0.0557. The van der Waals surface area contributed by atoms with Crippen LogP contribution in [0, 0.1) is 0 Å². The lowest BCUT2D eigenvalue weighted by Crippen LogP contribution is -2.25. The normalized spacial score (nSPS) is 15.4. The maximum absolute atomic E-state index is 2.50. The first-order chi connectivity index (χ1) is 25.1. The van der Waals surface area contributed by atoms with Crippen LogP contribution in [0.1, 0.15) is 113 Å². The monoisotopic (exact) mass is 694 g/mol. The third kappa shape index (κ3) is 6.58. The second-order valence-corrected chi connectivity index (χ2v) is 18.4. The van der Waals surface area contributed by atoms with Crippen LogP contribution in [-0.2, 0) is 22.7 Å². The smallest absolute Gasteiger partial charge is 0.100 e. The Labute approximate surface area is 318 Å². The molecule has 0 bridgehead atoms. The van der Waals surface area contributed by atoms with Crippen molar-refractivity contribution in [1.82, 2.24) is 0 Å². The summed E-state index contributed by atoms with van der Waals surface area (Å²) in [5.41, 5.74) is 18.9. The van der Waals surface area contributed by atoms with Crippen molar-refractivity contribution >= 4 is 22.7 Å². The Hall–Kier alpha value is -5.08. The third-order valence-electron chi connectivity index (χ3n) is 11.4. The van der Waals surface area contributed by atoms with Gasteiger partial charge in [0.05, 0.1) is 11.4 Å². The molecule has 53 heavy (non-hydrogen) atoms. The first kappa shape index (κ1) is 35.0. The lowest BCUT2D eigenvalue weighted by molar-refractivity contribution is 0.568. The molecule has 6 aromatic rings. The second-order valence-electron chi connectivity index (χ2n) is 18.4. The topological polar surface area (TPSA) is 6.48 Å². The summed E-state index contributed by atoms with van der Waals surface area (Å²) in [5.74, 6) is 0.234. The van der Waals surface area contributed by atoms with Crippen molar-refractivity contribution in [3.8, 4) is 11.1 Å². The van der Waals surface area contributed by atoms with E-state index >= 15 is 0 Å². The average Bonchev–Trinajstić information content (AvgIpc) is 3.67. The Kier molecular flexibility index (Phi) is 8.45. The van der Waals surface area contributed by atoms with E-state index in [1.165, 1.54) is 78.4 Å². The first-order valence-corrected chi connectivity index (χ1v) is 19.4. The molecule has 8 rings (SSSR count). The highest BCUT2D eigenvalue weighted by atomic mass is 15.4. The van der Waals surface area contributed by atoms with Gasteiger partial charge in [0, 0.05) is 17.3 Å². The average molecular weight is 695 g/mol. The molecule has 1 heterocycles. The van der Waals surface area contributed by atoms with Gasteiger partial charge in [0.2, 0.25) is 0 Å². The summed E-state index contributed by atoms with van der Waals surface area (Å²) in [6.45, 7) is 21.6. The first-order valence-electron chi connectivity index (χ1n) is 19.4. The quantitative estimate of drug-likeness (QED) is 0.177. The number of rotatable bonds is 5. The fourth-order valence-electron chi connectivity index (χ4n) is 8.27. The highest BCUT2D eigenvalue weighted by Gasteiger charge is 2.32. The largest absolute Gasteiger partial charge is 0.321 e. The van der Waals surface area contributed by atoms with E-state index < -0.39 is 0 Å². The number of hydrogen-bond donors (Lipinski definition) is 0. The molecule has 0 fully saturated rings. The number of nitrogens with zero attached hydrogens (tertiary/aromatic N) is 2. The molecule has 2 heteroatoms. The summed E-state index contributed by atoms with van der Waals surface area (Å²) < 4.78 is 0. The Morgan fingerprint density at radius 2 is 1.04 bits per heavy atom. The van der Waals surface area contributed by atoms with E-state index in [0.717, 1.165) is 13.1 Å². The van der Waals surface area contributed by atoms with Crippen LogP contribution in [0.2, 0.25) is 0 Å². The molecule has 2 aliphatic rings. The lowest BCUT2D eigenvalue weighted by atomic mass is 9.80. The van der Waals surface area contributed by atoms with Gasteiger partial charge in [0.15, 0.2) is 0 Å². The van der Waals surface area contributed by atoms with Gasteiger partial charge in [-0.25, -0.2) is 0 Å². The summed E-state index contributed by atoms with van der Waals surface area (Å²) in [7, 11) is 0. The fraction of sp³-hybridized carbons (Fsp3) is 0.294. The Bertz CT molecular complexity index is 2290. The summed E-state index contributed by atoms with van der Waals surface area (Å²) in [4.78, 5) is 4.98. The van der Waals surface area contributed by atoms with E-state index in [0.29, 0.717) is 0 Å². The van der Waals surface area contributed by atoms with Gasteiger partial charge in [-0.3, -0.25) is 0 Å². The van der Waals surface area contributed by atoms with Crippen LogP contribution in [0.5, 0.6) is 0 Å². The van der Waals surface area contributed by atoms with Crippen molar-refractivity contribution in [2.45, 2.75) is 90.9 Å². The van der Waals surface area contributed by atoms with Crippen LogP contribution in [0.3, 0.4) is 0 Å². The molecule has 1 aliphatic carbocycles. The number of fused-ring (bicyclic) bond motifs is 4. The zero-order chi connectivity index (χ0) is 37.3. The third-order valence-corrected chi connectivity index (χ3v) is 11.4. The van der Waals surface area contributed by atoms with Crippen molar-refractivity contribution in [1.29, 1.82) is 0 Å². The molecule has 1 unspecified atom stereocenters. The van der Waals surface area contributed by atoms with Crippen molar-refractivity contribution < 1.29 is 0 Å². The van der Waals surface area contributed by atoms with Gasteiger partial charge in [-0.05, 0) is 115 Å². The number of benzene rings is 6. The van der Waals surface area contributed by atoms with Crippen LogP contribution < -0.4 is 9.80 Å². The van der Waals surface area contributed by atoms with Crippen molar-refractivity contribution in [3.05, 3.63) is 178 Å². The van der Waals surface area contributed by atoms with E-state index in [4.69, 9.17) is 0 Å². The van der Waals surface area contributed by atoms with Crippen LogP contribution in [-0.4, -0.2) is 6.67 Å². The minimum Gasteiger partial charge on any atom is -0.321 e. The SMILES string of the molecule is CC(C)(C)c1cccc(C2c3ccccc3-c3ccc(Cc4cccc(N5CN(c6cc(C(C)(C)C)cc(C(C)(C)C)c6)c6ccccc65)c4)cc32)c1. The van der Waals surface area contributed by atoms with E-state index in [1.54, 1.807) is 0 Å². The summed E-state index contributed by atoms with van der Waals surface area (Å²) in [6, 6.07) is 50.8. The molecule has 0 amide bonds. The van der Waals surface area contributed by atoms with E-state index in [9.17, 15) is 0 Å². The second kappa shape index (κ2) is 12.8. The summed E-state index contributed by atoms with van der Waals surface area (Å²) >= 11 is 0. The molecule has 0 N–H and O–H groups in total. The number of para-hydroxylation sites is 2. The molecule has 2 nitrogen and oxygen atoms in total. The van der Waals surface area contributed by atoms with Crippen LogP contribution in [0.15, 0.2) is 133 Å².